The number of aromatic nitrogens is 2. The van der Waals surface area contributed by atoms with E-state index in [1.807, 2.05) is 12.3 Å². The van der Waals surface area contributed by atoms with Gasteiger partial charge in [0.1, 0.15) is 5.65 Å². The summed E-state index contributed by atoms with van der Waals surface area (Å²) in [4.78, 5) is 7.37. The fourth-order valence-corrected chi connectivity index (χ4v) is 1.75. The molecule has 0 saturated heterocycles. The molecule has 0 aromatic carbocycles. The summed E-state index contributed by atoms with van der Waals surface area (Å²) in [7, 11) is 0. The monoisotopic (exact) mass is 189 g/mol. The Balaban J connectivity index is 2.42. The smallest absolute Gasteiger partial charge is 0.137 e. The van der Waals surface area contributed by atoms with Crippen LogP contribution in [-0.4, -0.2) is 9.97 Å². The summed E-state index contributed by atoms with van der Waals surface area (Å²) < 4.78 is 0. The second kappa shape index (κ2) is 3.80. The molecule has 0 fully saturated rings. The second-order valence-corrected chi connectivity index (χ2v) is 3.54. The van der Waals surface area contributed by atoms with Crippen LogP contribution >= 0.6 is 0 Å². The molecule has 74 valence electrons. The predicted octanol–water partition coefficient (Wildman–Crippen LogP) is 2.36. The number of rotatable bonds is 3. The van der Waals surface area contributed by atoms with Crippen LogP contribution in [0.2, 0.25) is 0 Å². The Morgan fingerprint density at radius 2 is 2.43 bits per heavy atom. The van der Waals surface area contributed by atoms with Crippen LogP contribution in [0.15, 0.2) is 24.5 Å². The molecule has 0 aliphatic heterocycles. The van der Waals surface area contributed by atoms with Gasteiger partial charge in [-0.25, -0.2) is 4.98 Å². The lowest BCUT2D eigenvalue weighted by Gasteiger charge is -2.08. The largest absolute Gasteiger partial charge is 0.346 e. The molecule has 0 aliphatic carbocycles. The van der Waals surface area contributed by atoms with Crippen molar-refractivity contribution in [3.63, 3.8) is 0 Å². The Morgan fingerprint density at radius 1 is 1.57 bits per heavy atom. The zero-order chi connectivity index (χ0) is 9.97. The van der Waals surface area contributed by atoms with Crippen molar-refractivity contribution in [3.8, 4) is 0 Å². The van der Waals surface area contributed by atoms with Crippen LogP contribution in [0.1, 0.15) is 31.4 Å². The van der Waals surface area contributed by atoms with Gasteiger partial charge >= 0.3 is 0 Å². The lowest BCUT2D eigenvalue weighted by atomic mass is 10.0. The molecule has 2 aromatic heterocycles. The van der Waals surface area contributed by atoms with Crippen LogP contribution in [0.4, 0.5) is 0 Å². The molecule has 3 heteroatoms. The minimum Gasteiger partial charge on any atom is -0.346 e. The van der Waals surface area contributed by atoms with Gasteiger partial charge in [-0.3, -0.25) is 0 Å². The Kier molecular flexibility index (Phi) is 2.50. The van der Waals surface area contributed by atoms with Gasteiger partial charge < -0.3 is 10.7 Å². The number of fused-ring (bicyclic) bond motifs is 1. The van der Waals surface area contributed by atoms with Crippen LogP contribution in [0.5, 0.6) is 0 Å². The van der Waals surface area contributed by atoms with Crippen LogP contribution in [0.3, 0.4) is 0 Å². The van der Waals surface area contributed by atoms with Crippen LogP contribution in [-0.2, 0) is 0 Å². The maximum atomic E-state index is 6.07. The highest BCUT2D eigenvalue weighted by molar-refractivity contribution is 5.79. The molecular formula is C11H15N3. The van der Waals surface area contributed by atoms with Gasteiger partial charge in [0.2, 0.25) is 0 Å². The van der Waals surface area contributed by atoms with Gasteiger partial charge in [0, 0.05) is 23.8 Å². The summed E-state index contributed by atoms with van der Waals surface area (Å²) in [6.45, 7) is 2.15. The Morgan fingerprint density at radius 3 is 3.21 bits per heavy atom. The molecule has 0 saturated carbocycles. The van der Waals surface area contributed by atoms with Gasteiger partial charge in [-0.1, -0.05) is 13.3 Å². The third kappa shape index (κ3) is 1.51. The molecule has 0 aliphatic rings. The third-order valence-electron chi connectivity index (χ3n) is 2.48. The summed E-state index contributed by atoms with van der Waals surface area (Å²) in [5.74, 6) is 0. The number of nitrogens with one attached hydrogen (secondary N) is 1. The van der Waals surface area contributed by atoms with Gasteiger partial charge in [0.25, 0.3) is 0 Å². The lowest BCUT2D eigenvalue weighted by molar-refractivity contribution is 0.642. The fourth-order valence-electron chi connectivity index (χ4n) is 1.75. The maximum Gasteiger partial charge on any atom is 0.137 e. The van der Waals surface area contributed by atoms with Gasteiger partial charge in [0.05, 0.1) is 0 Å². The summed E-state index contributed by atoms with van der Waals surface area (Å²) in [5, 5.41) is 1.15. The molecule has 0 radical (unpaired) electrons. The highest BCUT2D eigenvalue weighted by Crippen LogP contribution is 2.23. The molecule has 2 rings (SSSR count). The Hall–Kier alpha value is -1.35. The Labute approximate surface area is 83.3 Å². The van der Waals surface area contributed by atoms with Crippen molar-refractivity contribution in [2.75, 3.05) is 0 Å². The molecule has 3 N–H and O–H groups in total. The van der Waals surface area contributed by atoms with Gasteiger partial charge in [-0.2, -0.15) is 0 Å². The van der Waals surface area contributed by atoms with E-state index in [1.165, 1.54) is 5.56 Å². The average Bonchev–Trinajstić information content (AvgIpc) is 2.61. The maximum absolute atomic E-state index is 6.07. The van der Waals surface area contributed by atoms with E-state index in [-0.39, 0.29) is 6.04 Å². The topological polar surface area (TPSA) is 54.7 Å². The normalized spacial score (nSPS) is 13.3. The van der Waals surface area contributed by atoms with E-state index < -0.39 is 0 Å². The molecule has 0 bridgehead atoms. The van der Waals surface area contributed by atoms with Crippen molar-refractivity contribution in [2.45, 2.75) is 25.8 Å². The van der Waals surface area contributed by atoms with E-state index in [0.717, 1.165) is 23.9 Å². The molecule has 2 heterocycles. The SMILES string of the molecule is CCC[C@@H](N)c1c[nH]c2ncccc12. The van der Waals surface area contributed by atoms with E-state index in [1.54, 1.807) is 6.20 Å². The van der Waals surface area contributed by atoms with Crippen molar-refractivity contribution >= 4 is 11.0 Å². The number of nitrogens with zero attached hydrogens (tertiary/aromatic N) is 1. The fraction of sp³-hybridized carbons (Fsp3) is 0.364. The standard InChI is InChI=1S/C11H15N3/c1-2-4-10(12)9-7-14-11-8(9)5-3-6-13-11/h3,5-7,10H,2,4,12H2,1H3,(H,13,14)/t10-/m1/s1. The van der Waals surface area contributed by atoms with E-state index in [0.29, 0.717) is 0 Å². The highest BCUT2D eigenvalue weighted by Gasteiger charge is 2.10. The number of aromatic amines is 1. The number of nitrogens with two attached hydrogens (primary N) is 1. The minimum atomic E-state index is 0.123. The molecule has 0 spiro atoms. The summed E-state index contributed by atoms with van der Waals surface area (Å²) in [6.07, 6.45) is 5.88. The quantitative estimate of drug-likeness (QED) is 0.778. The van der Waals surface area contributed by atoms with E-state index >= 15 is 0 Å². The van der Waals surface area contributed by atoms with Crippen LogP contribution in [0.25, 0.3) is 11.0 Å². The minimum absolute atomic E-state index is 0.123. The molecule has 3 nitrogen and oxygen atoms in total. The number of pyridine rings is 1. The van der Waals surface area contributed by atoms with Crippen LogP contribution < -0.4 is 5.73 Å². The molecule has 0 unspecified atom stereocenters. The molecular weight excluding hydrogens is 174 g/mol. The Bertz CT molecular complexity index is 419. The molecule has 2 aromatic rings. The van der Waals surface area contributed by atoms with Gasteiger partial charge in [0.15, 0.2) is 0 Å². The number of hydrogen-bond acceptors (Lipinski definition) is 2. The molecule has 1 atom stereocenters. The first kappa shape index (κ1) is 9.21. The second-order valence-electron chi connectivity index (χ2n) is 3.54. The van der Waals surface area contributed by atoms with Crippen molar-refractivity contribution in [1.82, 2.24) is 9.97 Å². The van der Waals surface area contributed by atoms with Crippen LogP contribution in [0, 0.1) is 0 Å². The highest BCUT2D eigenvalue weighted by atomic mass is 14.8. The first-order valence-corrected chi connectivity index (χ1v) is 5.00. The van der Waals surface area contributed by atoms with E-state index in [4.69, 9.17) is 5.73 Å². The predicted molar refractivity (Wildman–Crippen MR) is 57.9 cm³/mol. The zero-order valence-corrected chi connectivity index (χ0v) is 8.33. The summed E-state index contributed by atoms with van der Waals surface area (Å²) in [5.41, 5.74) is 8.17. The van der Waals surface area contributed by atoms with Gasteiger partial charge in [-0.15, -0.1) is 0 Å². The first-order chi connectivity index (χ1) is 6.83. The zero-order valence-electron chi connectivity index (χ0n) is 8.33. The number of hydrogen-bond donors (Lipinski definition) is 2. The molecule has 0 amide bonds. The van der Waals surface area contributed by atoms with E-state index in [2.05, 4.69) is 23.0 Å². The lowest BCUT2D eigenvalue weighted by Crippen LogP contribution is -2.08. The first-order valence-electron chi connectivity index (χ1n) is 5.00. The average molecular weight is 189 g/mol. The number of H-pyrrole nitrogens is 1. The van der Waals surface area contributed by atoms with Crippen molar-refractivity contribution in [3.05, 3.63) is 30.1 Å². The van der Waals surface area contributed by atoms with Gasteiger partial charge in [-0.05, 0) is 24.1 Å². The molecule has 14 heavy (non-hydrogen) atoms. The van der Waals surface area contributed by atoms with Crippen molar-refractivity contribution in [1.29, 1.82) is 0 Å². The summed E-state index contributed by atoms with van der Waals surface area (Å²) >= 11 is 0. The third-order valence-corrected chi connectivity index (χ3v) is 2.48. The summed E-state index contributed by atoms with van der Waals surface area (Å²) in [6, 6.07) is 4.13. The van der Waals surface area contributed by atoms with E-state index in [9.17, 15) is 0 Å². The van der Waals surface area contributed by atoms with Crippen molar-refractivity contribution in [2.24, 2.45) is 5.73 Å². The van der Waals surface area contributed by atoms with Crippen molar-refractivity contribution < 1.29 is 0 Å².